The first-order valence-electron chi connectivity index (χ1n) is 9.32. The Hall–Kier alpha value is -3.22. The third kappa shape index (κ3) is 6.14. The third-order valence-corrected chi connectivity index (χ3v) is 4.24. The SMILES string of the molecule is COc1cc(NC(=O)CCCOc2cccc(C)c2)c(C(=O)N(C)C)cc1OC. The van der Waals surface area contributed by atoms with E-state index in [2.05, 4.69) is 5.32 Å². The van der Waals surface area contributed by atoms with Crippen LogP contribution in [0.1, 0.15) is 28.8 Å². The highest BCUT2D eigenvalue weighted by molar-refractivity contribution is 6.04. The number of aryl methyl sites for hydroxylation is 1. The minimum absolute atomic E-state index is 0.210. The lowest BCUT2D eigenvalue weighted by Crippen LogP contribution is -2.24. The van der Waals surface area contributed by atoms with Gasteiger partial charge in [-0.15, -0.1) is 0 Å². The van der Waals surface area contributed by atoms with Crippen LogP contribution >= 0.6 is 0 Å². The minimum Gasteiger partial charge on any atom is -0.494 e. The summed E-state index contributed by atoms with van der Waals surface area (Å²) in [6.45, 7) is 2.42. The van der Waals surface area contributed by atoms with Crippen LogP contribution in [0, 0.1) is 6.92 Å². The number of methoxy groups -OCH3 is 2. The number of nitrogens with one attached hydrogen (secondary N) is 1. The summed E-state index contributed by atoms with van der Waals surface area (Å²) in [7, 11) is 6.29. The molecule has 0 aromatic heterocycles. The van der Waals surface area contributed by atoms with Crippen molar-refractivity contribution in [2.24, 2.45) is 0 Å². The molecule has 0 radical (unpaired) electrons. The number of rotatable bonds is 9. The van der Waals surface area contributed by atoms with Crippen molar-refractivity contribution < 1.29 is 23.8 Å². The van der Waals surface area contributed by atoms with Crippen LogP contribution < -0.4 is 19.5 Å². The average Bonchev–Trinajstić information content (AvgIpc) is 2.70. The number of anilines is 1. The van der Waals surface area contributed by atoms with Crippen LogP contribution in [0.2, 0.25) is 0 Å². The average molecular weight is 400 g/mol. The molecule has 0 aliphatic heterocycles. The fraction of sp³-hybridized carbons (Fsp3) is 0.364. The second kappa shape index (κ2) is 10.4. The Morgan fingerprint density at radius 1 is 1.03 bits per heavy atom. The van der Waals surface area contributed by atoms with Crippen LogP contribution in [0.15, 0.2) is 36.4 Å². The van der Waals surface area contributed by atoms with E-state index in [1.54, 1.807) is 26.2 Å². The summed E-state index contributed by atoms with van der Waals surface area (Å²) in [6, 6.07) is 10.9. The highest BCUT2D eigenvalue weighted by Gasteiger charge is 2.19. The van der Waals surface area contributed by atoms with E-state index in [4.69, 9.17) is 14.2 Å². The van der Waals surface area contributed by atoms with E-state index in [1.165, 1.54) is 19.1 Å². The number of carbonyl (C=O) groups is 2. The van der Waals surface area contributed by atoms with Crippen LogP contribution in [0.5, 0.6) is 17.2 Å². The number of nitrogens with zero attached hydrogens (tertiary/aromatic N) is 1. The van der Waals surface area contributed by atoms with Gasteiger partial charge < -0.3 is 24.4 Å². The van der Waals surface area contributed by atoms with Crippen molar-refractivity contribution in [3.63, 3.8) is 0 Å². The molecule has 156 valence electrons. The van der Waals surface area contributed by atoms with E-state index >= 15 is 0 Å². The Balaban J connectivity index is 2.03. The van der Waals surface area contributed by atoms with Gasteiger partial charge in [-0.05, 0) is 37.1 Å². The molecular formula is C22H28N2O5. The van der Waals surface area contributed by atoms with Crippen molar-refractivity contribution in [3.8, 4) is 17.2 Å². The molecule has 1 N–H and O–H groups in total. The van der Waals surface area contributed by atoms with Gasteiger partial charge in [-0.1, -0.05) is 12.1 Å². The normalized spacial score (nSPS) is 10.2. The van der Waals surface area contributed by atoms with E-state index in [0.717, 1.165) is 11.3 Å². The van der Waals surface area contributed by atoms with Gasteiger partial charge in [0.15, 0.2) is 11.5 Å². The van der Waals surface area contributed by atoms with Gasteiger partial charge >= 0.3 is 0 Å². The summed E-state index contributed by atoms with van der Waals surface area (Å²) in [4.78, 5) is 26.4. The second-order valence-electron chi connectivity index (χ2n) is 6.77. The van der Waals surface area contributed by atoms with Gasteiger partial charge in [-0.25, -0.2) is 0 Å². The highest BCUT2D eigenvalue weighted by atomic mass is 16.5. The molecule has 0 saturated carbocycles. The van der Waals surface area contributed by atoms with Gasteiger partial charge in [-0.3, -0.25) is 9.59 Å². The summed E-state index contributed by atoms with van der Waals surface area (Å²) >= 11 is 0. The van der Waals surface area contributed by atoms with E-state index < -0.39 is 0 Å². The molecule has 0 heterocycles. The Morgan fingerprint density at radius 2 is 1.72 bits per heavy atom. The molecule has 0 spiro atoms. The molecule has 0 atom stereocenters. The predicted molar refractivity (Wildman–Crippen MR) is 112 cm³/mol. The van der Waals surface area contributed by atoms with E-state index in [-0.39, 0.29) is 18.2 Å². The lowest BCUT2D eigenvalue weighted by molar-refractivity contribution is -0.116. The van der Waals surface area contributed by atoms with E-state index in [9.17, 15) is 9.59 Å². The van der Waals surface area contributed by atoms with Gasteiger partial charge in [0, 0.05) is 26.6 Å². The Bertz CT molecular complexity index is 864. The smallest absolute Gasteiger partial charge is 0.255 e. The molecule has 29 heavy (non-hydrogen) atoms. The van der Waals surface area contributed by atoms with Gasteiger partial charge in [0.25, 0.3) is 5.91 Å². The fourth-order valence-electron chi connectivity index (χ4n) is 2.74. The minimum atomic E-state index is -0.246. The van der Waals surface area contributed by atoms with E-state index in [0.29, 0.717) is 35.8 Å². The molecule has 0 unspecified atom stereocenters. The van der Waals surface area contributed by atoms with E-state index in [1.807, 2.05) is 31.2 Å². The maximum atomic E-state index is 12.5. The van der Waals surface area contributed by atoms with Crippen LogP contribution in [0.4, 0.5) is 5.69 Å². The summed E-state index contributed by atoms with van der Waals surface area (Å²) in [6.07, 6.45) is 0.805. The van der Waals surface area contributed by atoms with Crippen molar-refractivity contribution in [2.45, 2.75) is 19.8 Å². The van der Waals surface area contributed by atoms with Crippen molar-refractivity contribution in [1.29, 1.82) is 0 Å². The molecule has 0 aliphatic carbocycles. The van der Waals surface area contributed by atoms with Gasteiger partial charge in [-0.2, -0.15) is 0 Å². The molecule has 7 nitrogen and oxygen atoms in total. The van der Waals surface area contributed by atoms with Gasteiger partial charge in [0.1, 0.15) is 5.75 Å². The summed E-state index contributed by atoms with van der Waals surface area (Å²) in [5.74, 6) is 1.18. The van der Waals surface area contributed by atoms with Crippen LogP contribution in [0.25, 0.3) is 0 Å². The molecule has 2 aromatic carbocycles. The van der Waals surface area contributed by atoms with Crippen molar-refractivity contribution in [3.05, 3.63) is 47.5 Å². The second-order valence-corrected chi connectivity index (χ2v) is 6.77. The topological polar surface area (TPSA) is 77.1 Å². The molecule has 2 rings (SSSR count). The van der Waals surface area contributed by atoms with Crippen molar-refractivity contribution in [1.82, 2.24) is 4.90 Å². The Morgan fingerprint density at radius 3 is 2.34 bits per heavy atom. The molecule has 0 bridgehead atoms. The Labute approximate surface area is 171 Å². The molecule has 0 saturated heterocycles. The standard InChI is InChI=1S/C22H28N2O5/c1-15-8-6-9-16(12-15)29-11-7-10-21(25)23-18-14-20(28-5)19(27-4)13-17(18)22(26)24(2)3/h6,8-9,12-14H,7,10-11H2,1-5H3,(H,23,25). The zero-order valence-corrected chi connectivity index (χ0v) is 17.6. The van der Waals surface area contributed by atoms with Crippen molar-refractivity contribution >= 4 is 17.5 Å². The van der Waals surface area contributed by atoms with Crippen molar-refractivity contribution in [2.75, 3.05) is 40.2 Å². The molecule has 0 aliphatic rings. The van der Waals surface area contributed by atoms with Gasteiger partial charge in [0.05, 0.1) is 32.1 Å². The molecule has 2 aromatic rings. The number of amides is 2. The third-order valence-electron chi connectivity index (χ3n) is 4.24. The first-order chi connectivity index (χ1) is 13.8. The number of ether oxygens (including phenoxy) is 3. The lowest BCUT2D eigenvalue weighted by atomic mass is 10.1. The maximum Gasteiger partial charge on any atom is 0.255 e. The van der Waals surface area contributed by atoms with Crippen LogP contribution in [0.3, 0.4) is 0 Å². The first-order valence-corrected chi connectivity index (χ1v) is 9.32. The largest absolute Gasteiger partial charge is 0.494 e. The summed E-state index contributed by atoms with van der Waals surface area (Å²) in [5.41, 5.74) is 1.83. The zero-order chi connectivity index (χ0) is 21.4. The summed E-state index contributed by atoms with van der Waals surface area (Å²) in [5, 5.41) is 2.80. The first kappa shape index (κ1) is 22.1. The zero-order valence-electron chi connectivity index (χ0n) is 17.6. The maximum absolute atomic E-state index is 12.5. The molecular weight excluding hydrogens is 372 g/mol. The lowest BCUT2D eigenvalue weighted by Gasteiger charge is -2.18. The fourth-order valence-corrected chi connectivity index (χ4v) is 2.74. The quantitative estimate of drug-likeness (QED) is 0.652. The monoisotopic (exact) mass is 400 g/mol. The number of benzene rings is 2. The van der Waals surface area contributed by atoms with Crippen LogP contribution in [-0.4, -0.2) is 51.6 Å². The molecule has 2 amide bonds. The molecule has 0 fully saturated rings. The number of hydrogen-bond donors (Lipinski definition) is 1. The summed E-state index contributed by atoms with van der Waals surface area (Å²) < 4.78 is 16.2. The number of carbonyl (C=O) groups excluding carboxylic acids is 2. The highest BCUT2D eigenvalue weighted by Crippen LogP contribution is 2.34. The Kier molecular flexibility index (Phi) is 7.88. The number of hydrogen-bond acceptors (Lipinski definition) is 5. The predicted octanol–water partition coefficient (Wildman–Crippen LogP) is 3.51. The van der Waals surface area contributed by atoms with Gasteiger partial charge in [0.2, 0.25) is 5.91 Å². The van der Waals surface area contributed by atoms with Crippen LogP contribution in [-0.2, 0) is 4.79 Å². The molecule has 7 heteroatoms.